The fraction of sp³-hybridized carbons (Fsp3) is 0.421. The second-order valence-corrected chi connectivity index (χ2v) is 6.54. The Labute approximate surface area is 152 Å². The first-order valence-corrected chi connectivity index (χ1v) is 8.88. The molecule has 0 bridgehead atoms. The first-order valence-electron chi connectivity index (χ1n) is 8.88. The molecule has 0 spiro atoms. The lowest BCUT2D eigenvalue weighted by atomic mass is 10.3. The molecule has 0 radical (unpaired) electrons. The van der Waals surface area contributed by atoms with Crippen LogP contribution in [0.1, 0.15) is 31.7 Å². The van der Waals surface area contributed by atoms with Crippen molar-refractivity contribution in [1.82, 2.24) is 20.4 Å². The maximum Gasteiger partial charge on any atom is 0.260 e. The average molecular weight is 356 g/mol. The molecule has 1 saturated carbocycles. The Morgan fingerprint density at radius 2 is 2.04 bits per heavy atom. The molecule has 1 atom stereocenters. The van der Waals surface area contributed by atoms with Crippen LogP contribution in [0.15, 0.2) is 36.5 Å². The van der Waals surface area contributed by atoms with E-state index < -0.39 is 6.10 Å². The molecule has 3 rings (SSSR count). The van der Waals surface area contributed by atoms with Crippen LogP contribution in [-0.4, -0.2) is 40.3 Å². The summed E-state index contributed by atoms with van der Waals surface area (Å²) < 4.78 is 7.42. The zero-order chi connectivity index (χ0) is 18.5. The minimum Gasteiger partial charge on any atom is -0.463 e. The van der Waals surface area contributed by atoms with Crippen molar-refractivity contribution in [3.63, 3.8) is 0 Å². The number of rotatable bonds is 8. The van der Waals surface area contributed by atoms with Gasteiger partial charge in [-0.2, -0.15) is 0 Å². The molecule has 1 aromatic heterocycles. The van der Waals surface area contributed by atoms with E-state index >= 15 is 0 Å². The van der Waals surface area contributed by atoms with Crippen LogP contribution in [-0.2, 0) is 9.59 Å². The van der Waals surface area contributed by atoms with E-state index in [1.807, 2.05) is 43.5 Å². The predicted molar refractivity (Wildman–Crippen MR) is 97.2 cm³/mol. The lowest BCUT2D eigenvalue weighted by Gasteiger charge is -2.13. The summed E-state index contributed by atoms with van der Waals surface area (Å²) in [5.41, 5.74) is 1.77. The third-order valence-electron chi connectivity index (χ3n) is 4.12. The second kappa shape index (κ2) is 8.03. The van der Waals surface area contributed by atoms with Crippen molar-refractivity contribution < 1.29 is 14.3 Å². The average Bonchev–Trinajstić information content (AvgIpc) is 3.37. The minimum atomic E-state index is -0.695. The van der Waals surface area contributed by atoms with Gasteiger partial charge in [0.25, 0.3) is 5.91 Å². The SMILES string of the molecule is Cc1cn(-c2ccccc2)nc1O[C@@H](C)C(=O)NCCC(=O)NC1CC1. The molecule has 2 N–H and O–H groups in total. The molecule has 0 unspecified atom stereocenters. The minimum absolute atomic E-state index is 0.0289. The Balaban J connectivity index is 1.49. The van der Waals surface area contributed by atoms with Crippen LogP contribution >= 0.6 is 0 Å². The molecule has 7 heteroatoms. The summed E-state index contributed by atoms with van der Waals surface area (Å²) in [5, 5.41) is 10.0. The van der Waals surface area contributed by atoms with E-state index in [1.54, 1.807) is 11.6 Å². The van der Waals surface area contributed by atoms with Gasteiger partial charge < -0.3 is 15.4 Å². The summed E-state index contributed by atoms with van der Waals surface area (Å²) in [6.07, 6.45) is 3.55. The van der Waals surface area contributed by atoms with E-state index in [2.05, 4.69) is 15.7 Å². The fourth-order valence-electron chi connectivity index (χ4n) is 2.47. The molecule has 1 aromatic carbocycles. The van der Waals surface area contributed by atoms with Crippen LogP contribution in [0, 0.1) is 6.92 Å². The highest BCUT2D eigenvalue weighted by atomic mass is 16.5. The summed E-state index contributed by atoms with van der Waals surface area (Å²) in [6, 6.07) is 10.0. The van der Waals surface area contributed by atoms with E-state index in [9.17, 15) is 9.59 Å². The third kappa shape index (κ3) is 4.84. The van der Waals surface area contributed by atoms with Crippen LogP contribution in [0.4, 0.5) is 0 Å². The number of aromatic nitrogens is 2. The number of carbonyl (C=O) groups is 2. The Hall–Kier alpha value is -2.83. The number of carbonyl (C=O) groups excluding carboxylic acids is 2. The molecule has 1 aliphatic carbocycles. The zero-order valence-electron chi connectivity index (χ0n) is 15.1. The highest BCUT2D eigenvalue weighted by molar-refractivity contribution is 5.82. The number of benzene rings is 1. The first kappa shape index (κ1) is 18.0. The lowest BCUT2D eigenvalue weighted by Crippen LogP contribution is -2.38. The van der Waals surface area contributed by atoms with Gasteiger partial charge in [-0.05, 0) is 38.8 Å². The highest BCUT2D eigenvalue weighted by Crippen LogP contribution is 2.19. The van der Waals surface area contributed by atoms with Gasteiger partial charge in [0.05, 0.1) is 5.69 Å². The van der Waals surface area contributed by atoms with Gasteiger partial charge in [0.15, 0.2) is 6.10 Å². The molecule has 138 valence electrons. The highest BCUT2D eigenvalue weighted by Gasteiger charge is 2.23. The Bertz CT molecular complexity index is 768. The maximum absolute atomic E-state index is 12.1. The number of para-hydroxylation sites is 1. The summed E-state index contributed by atoms with van der Waals surface area (Å²) in [6.45, 7) is 3.84. The summed E-state index contributed by atoms with van der Waals surface area (Å²) in [4.78, 5) is 23.8. The van der Waals surface area contributed by atoms with E-state index in [1.165, 1.54) is 0 Å². The molecule has 2 amide bonds. The normalized spacial score (nSPS) is 14.5. The van der Waals surface area contributed by atoms with Crippen LogP contribution in [0.3, 0.4) is 0 Å². The van der Waals surface area contributed by atoms with Crippen LogP contribution in [0.25, 0.3) is 5.69 Å². The molecule has 1 heterocycles. The third-order valence-corrected chi connectivity index (χ3v) is 4.12. The van der Waals surface area contributed by atoms with Crippen LogP contribution < -0.4 is 15.4 Å². The number of nitrogens with one attached hydrogen (secondary N) is 2. The van der Waals surface area contributed by atoms with E-state index in [4.69, 9.17) is 4.74 Å². The van der Waals surface area contributed by atoms with Crippen LogP contribution in [0.5, 0.6) is 5.88 Å². The monoisotopic (exact) mass is 356 g/mol. The van der Waals surface area contributed by atoms with E-state index in [0.29, 0.717) is 18.5 Å². The van der Waals surface area contributed by atoms with Crippen molar-refractivity contribution in [3.8, 4) is 11.6 Å². The Morgan fingerprint density at radius 3 is 2.73 bits per heavy atom. The maximum atomic E-state index is 12.1. The second-order valence-electron chi connectivity index (χ2n) is 6.54. The first-order chi connectivity index (χ1) is 12.5. The molecule has 1 aliphatic rings. The van der Waals surface area contributed by atoms with E-state index in [-0.39, 0.29) is 18.2 Å². The molecular formula is C19H24N4O3. The Morgan fingerprint density at radius 1 is 1.31 bits per heavy atom. The van der Waals surface area contributed by atoms with Crippen molar-refractivity contribution in [3.05, 3.63) is 42.1 Å². The summed E-state index contributed by atoms with van der Waals surface area (Å²) in [5.74, 6) is 0.125. The lowest BCUT2D eigenvalue weighted by molar-refractivity contribution is -0.127. The van der Waals surface area contributed by atoms with Gasteiger partial charge in [-0.25, -0.2) is 4.68 Å². The number of hydrogen-bond donors (Lipinski definition) is 2. The van der Waals surface area contributed by atoms with Crippen molar-refractivity contribution in [2.24, 2.45) is 0 Å². The van der Waals surface area contributed by atoms with Crippen LogP contribution in [0.2, 0.25) is 0 Å². The number of hydrogen-bond acceptors (Lipinski definition) is 4. The van der Waals surface area contributed by atoms with Gasteiger partial charge in [-0.3, -0.25) is 9.59 Å². The topological polar surface area (TPSA) is 85.2 Å². The van der Waals surface area contributed by atoms with Crippen molar-refractivity contribution in [2.75, 3.05) is 6.54 Å². The molecule has 26 heavy (non-hydrogen) atoms. The smallest absolute Gasteiger partial charge is 0.260 e. The fourth-order valence-corrected chi connectivity index (χ4v) is 2.47. The molecule has 2 aromatic rings. The number of aryl methyl sites for hydroxylation is 1. The van der Waals surface area contributed by atoms with E-state index in [0.717, 1.165) is 24.1 Å². The van der Waals surface area contributed by atoms with Crippen molar-refractivity contribution >= 4 is 11.8 Å². The van der Waals surface area contributed by atoms with Crippen molar-refractivity contribution in [2.45, 2.75) is 45.3 Å². The number of nitrogens with zero attached hydrogens (tertiary/aromatic N) is 2. The number of amides is 2. The predicted octanol–water partition coefficient (Wildman–Crippen LogP) is 1.73. The zero-order valence-corrected chi connectivity index (χ0v) is 15.1. The van der Waals surface area contributed by atoms with Gasteiger partial charge in [0, 0.05) is 30.8 Å². The summed E-state index contributed by atoms with van der Waals surface area (Å²) >= 11 is 0. The quantitative estimate of drug-likeness (QED) is 0.754. The van der Waals surface area contributed by atoms with Gasteiger partial charge in [-0.15, -0.1) is 5.10 Å². The van der Waals surface area contributed by atoms with Gasteiger partial charge in [-0.1, -0.05) is 18.2 Å². The van der Waals surface area contributed by atoms with Gasteiger partial charge in [0.2, 0.25) is 11.8 Å². The summed E-state index contributed by atoms with van der Waals surface area (Å²) in [7, 11) is 0. The Kier molecular flexibility index (Phi) is 5.55. The van der Waals surface area contributed by atoms with Crippen molar-refractivity contribution in [1.29, 1.82) is 0 Å². The van der Waals surface area contributed by atoms with Gasteiger partial charge >= 0.3 is 0 Å². The number of ether oxygens (including phenoxy) is 1. The molecular weight excluding hydrogens is 332 g/mol. The largest absolute Gasteiger partial charge is 0.463 e. The molecule has 0 saturated heterocycles. The van der Waals surface area contributed by atoms with Gasteiger partial charge in [0.1, 0.15) is 0 Å². The molecule has 1 fully saturated rings. The molecule has 0 aliphatic heterocycles. The standard InChI is InChI=1S/C19H24N4O3/c1-13-12-23(16-6-4-3-5-7-16)22-19(13)26-14(2)18(25)20-11-10-17(24)21-15-8-9-15/h3-7,12,14-15H,8-11H2,1-2H3,(H,20,25)(H,21,24)/t14-/m0/s1. The molecule has 7 nitrogen and oxygen atoms in total.